The zero-order chi connectivity index (χ0) is 19.4. The molecule has 0 aliphatic heterocycles. The van der Waals surface area contributed by atoms with E-state index in [1.54, 1.807) is 18.7 Å². The molecular weight excluding hydrogens is 384 g/mol. The highest BCUT2D eigenvalue weighted by atomic mass is 32.2. The molecule has 1 unspecified atom stereocenters. The first-order valence-electron chi connectivity index (χ1n) is 8.59. The standard InChI is InChI=1S/C19H20N2O4S2/c1-3-25-19(23)15-13-9-10-14(26-12-7-5-4-6-8-12)16(21-24)17(13)27-18(15)20-11(2)22/h4-8,14,24H,3,9-10H2,1-2H3,(H,20,22). The number of anilines is 1. The predicted octanol–water partition coefficient (Wildman–Crippen LogP) is 4.17. The molecule has 1 aliphatic rings. The lowest BCUT2D eigenvalue weighted by Gasteiger charge is -2.23. The molecule has 0 saturated carbocycles. The average Bonchev–Trinajstić information content (AvgIpc) is 3.00. The fraction of sp³-hybridized carbons (Fsp3) is 0.316. The number of nitrogens with zero attached hydrogens (tertiary/aromatic N) is 1. The molecule has 2 N–H and O–H groups in total. The van der Waals surface area contributed by atoms with Crippen molar-refractivity contribution < 1.29 is 19.5 Å². The molecule has 6 nitrogen and oxygen atoms in total. The van der Waals surface area contributed by atoms with E-state index in [2.05, 4.69) is 10.5 Å². The molecule has 8 heteroatoms. The Morgan fingerprint density at radius 1 is 1.37 bits per heavy atom. The first-order valence-corrected chi connectivity index (χ1v) is 10.3. The number of oxime groups is 1. The smallest absolute Gasteiger partial charge is 0.341 e. The van der Waals surface area contributed by atoms with Crippen molar-refractivity contribution in [1.82, 2.24) is 0 Å². The molecule has 0 bridgehead atoms. The number of thiophene rings is 1. The number of ether oxygens (including phenoxy) is 1. The number of nitrogens with one attached hydrogen (secondary N) is 1. The molecule has 1 atom stereocenters. The van der Waals surface area contributed by atoms with Crippen molar-refractivity contribution in [2.45, 2.75) is 36.8 Å². The summed E-state index contributed by atoms with van der Waals surface area (Å²) in [4.78, 5) is 25.9. The van der Waals surface area contributed by atoms with Gasteiger partial charge in [0, 0.05) is 11.8 Å². The predicted molar refractivity (Wildman–Crippen MR) is 107 cm³/mol. The lowest BCUT2D eigenvalue weighted by Crippen LogP contribution is -2.25. The Hall–Kier alpha value is -2.32. The van der Waals surface area contributed by atoms with Gasteiger partial charge in [0.2, 0.25) is 5.91 Å². The maximum absolute atomic E-state index is 12.5. The highest BCUT2D eigenvalue weighted by Crippen LogP contribution is 2.42. The molecule has 3 rings (SSSR count). The number of carbonyl (C=O) groups excluding carboxylic acids is 2. The van der Waals surface area contributed by atoms with Crippen molar-refractivity contribution in [3.05, 3.63) is 46.3 Å². The van der Waals surface area contributed by atoms with Crippen LogP contribution in [0.1, 0.15) is 41.1 Å². The summed E-state index contributed by atoms with van der Waals surface area (Å²) in [6.07, 6.45) is 1.36. The summed E-state index contributed by atoms with van der Waals surface area (Å²) < 4.78 is 5.17. The summed E-state index contributed by atoms with van der Waals surface area (Å²) >= 11 is 2.88. The molecule has 1 aliphatic carbocycles. The lowest BCUT2D eigenvalue weighted by atomic mass is 9.93. The second-order valence-corrected chi connectivity index (χ2v) is 8.26. The Kier molecular flexibility index (Phi) is 6.18. The number of amides is 1. The molecule has 0 fully saturated rings. The van der Waals surface area contributed by atoms with E-state index in [0.717, 1.165) is 15.3 Å². The van der Waals surface area contributed by atoms with Gasteiger partial charge >= 0.3 is 5.97 Å². The monoisotopic (exact) mass is 404 g/mol. The summed E-state index contributed by atoms with van der Waals surface area (Å²) in [5.41, 5.74) is 1.67. The van der Waals surface area contributed by atoms with Crippen molar-refractivity contribution in [3.8, 4) is 0 Å². The summed E-state index contributed by atoms with van der Waals surface area (Å²) in [5, 5.41) is 16.4. The van der Waals surface area contributed by atoms with Crippen LogP contribution in [0.15, 0.2) is 40.4 Å². The van der Waals surface area contributed by atoms with Crippen LogP contribution in [0, 0.1) is 0 Å². The van der Waals surface area contributed by atoms with E-state index in [9.17, 15) is 14.8 Å². The van der Waals surface area contributed by atoms with E-state index < -0.39 is 5.97 Å². The molecule has 1 aromatic heterocycles. The second kappa shape index (κ2) is 8.58. The molecule has 1 amide bonds. The number of rotatable bonds is 5. The summed E-state index contributed by atoms with van der Waals surface area (Å²) in [6.45, 7) is 3.38. The van der Waals surface area contributed by atoms with Gasteiger partial charge in [0.15, 0.2) is 0 Å². The number of hydrogen-bond acceptors (Lipinski definition) is 7. The van der Waals surface area contributed by atoms with Crippen molar-refractivity contribution in [2.24, 2.45) is 5.16 Å². The third-order valence-electron chi connectivity index (χ3n) is 4.10. The maximum Gasteiger partial charge on any atom is 0.341 e. The van der Waals surface area contributed by atoms with Crippen LogP contribution in [-0.2, 0) is 16.0 Å². The van der Waals surface area contributed by atoms with Gasteiger partial charge in [-0.2, -0.15) is 0 Å². The van der Waals surface area contributed by atoms with Crippen LogP contribution in [0.4, 0.5) is 5.00 Å². The molecule has 0 spiro atoms. The number of thioether (sulfide) groups is 1. The second-order valence-electron chi connectivity index (χ2n) is 5.96. The maximum atomic E-state index is 12.5. The first kappa shape index (κ1) is 19.4. The fourth-order valence-corrected chi connectivity index (χ4v) is 5.58. The van der Waals surface area contributed by atoms with Crippen LogP contribution in [-0.4, -0.2) is 34.7 Å². The highest BCUT2D eigenvalue weighted by Gasteiger charge is 2.35. The van der Waals surface area contributed by atoms with Gasteiger partial charge in [0.25, 0.3) is 0 Å². The van der Waals surface area contributed by atoms with Crippen molar-refractivity contribution >= 4 is 45.7 Å². The Bertz CT molecular complexity index is 877. The van der Waals surface area contributed by atoms with Crippen LogP contribution in [0.25, 0.3) is 0 Å². The molecule has 0 saturated heterocycles. The minimum Gasteiger partial charge on any atom is -0.462 e. The number of benzene rings is 1. The van der Waals surface area contributed by atoms with Gasteiger partial charge < -0.3 is 15.3 Å². The van der Waals surface area contributed by atoms with Gasteiger partial charge in [-0.05, 0) is 37.5 Å². The number of carbonyl (C=O) groups is 2. The Labute approximate surface area is 165 Å². The normalized spacial score (nSPS) is 17.4. The van der Waals surface area contributed by atoms with Gasteiger partial charge in [0.1, 0.15) is 10.7 Å². The molecule has 0 radical (unpaired) electrons. The van der Waals surface area contributed by atoms with Crippen LogP contribution in [0.5, 0.6) is 0 Å². The highest BCUT2D eigenvalue weighted by molar-refractivity contribution is 8.00. The Morgan fingerprint density at radius 3 is 2.74 bits per heavy atom. The number of fused-ring (bicyclic) bond motifs is 1. The topological polar surface area (TPSA) is 88.0 Å². The molecule has 1 aromatic carbocycles. The zero-order valence-electron chi connectivity index (χ0n) is 15.0. The number of hydrogen-bond donors (Lipinski definition) is 2. The van der Waals surface area contributed by atoms with E-state index in [1.807, 2.05) is 30.3 Å². The quantitative estimate of drug-likeness (QED) is 0.444. The van der Waals surface area contributed by atoms with Gasteiger partial charge in [-0.1, -0.05) is 23.4 Å². The van der Waals surface area contributed by atoms with Crippen LogP contribution >= 0.6 is 23.1 Å². The van der Waals surface area contributed by atoms with E-state index in [4.69, 9.17) is 4.74 Å². The lowest BCUT2D eigenvalue weighted by molar-refractivity contribution is -0.114. The minimum absolute atomic E-state index is 0.0382. The Morgan fingerprint density at radius 2 is 2.11 bits per heavy atom. The van der Waals surface area contributed by atoms with E-state index in [0.29, 0.717) is 29.1 Å². The summed E-state index contributed by atoms with van der Waals surface area (Å²) in [6, 6.07) is 9.90. The van der Waals surface area contributed by atoms with Crippen molar-refractivity contribution in [2.75, 3.05) is 11.9 Å². The average molecular weight is 405 g/mol. The first-order chi connectivity index (χ1) is 13.0. The molecular formula is C19H20N2O4S2. The van der Waals surface area contributed by atoms with Gasteiger partial charge in [-0.25, -0.2) is 4.79 Å². The Balaban J connectivity index is 1.99. The third kappa shape index (κ3) is 4.17. The summed E-state index contributed by atoms with van der Waals surface area (Å²) in [5.74, 6) is -0.734. The van der Waals surface area contributed by atoms with Crippen molar-refractivity contribution in [3.63, 3.8) is 0 Å². The van der Waals surface area contributed by atoms with Crippen LogP contribution in [0.2, 0.25) is 0 Å². The van der Waals surface area contributed by atoms with E-state index in [-0.39, 0.29) is 17.8 Å². The van der Waals surface area contributed by atoms with Gasteiger partial charge in [-0.15, -0.1) is 23.1 Å². The number of esters is 1. The molecule has 1 heterocycles. The van der Waals surface area contributed by atoms with E-state index >= 15 is 0 Å². The van der Waals surface area contributed by atoms with Gasteiger partial charge in [0.05, 0.1) is 22.3 Å². The van der Waals surface area contributed by atoms with Crippen LogP contribution in [0.3, 0.4) is 0 Å². The van der Waals surface area contributed by atoms with E-state index in [1.165, 1.54) is 18.3 Å². The zero-order valence-corrected chi connectivity index (χ0v) is 16.7. The SMILES string of the molecule is CCOC(=O)c1c(NC(C)=O)sc2c1CCC(Sc1ccccc1)C2=NO. The molecule has 2 aromatic rings. The fourth-order valence-electron chi connectivity index (χ4n) is 3.02. The summed E-state index contributed by atoms with van der Waals surface area (Å²) in [7, 11) is 0. The largest absolute Gasteiger partial charge is 0.462 e. The van der Waals surface area contributed by atoms with Gasteiger partial charge in [-0.3, -0.25) is 4.79 Å². The molecule has 142 valence electrons. The third-order valence-corrected chi connectivity index (χ3v) is 6.56. The van der Waals surface area contributed by atoms with Crippen LogP contribution < -0.4 is 5.32 Å². The molecule has 27 heavy (non-hydrogen) atoms. The van der Waals surface area contributed by atoms with Crippen molar-refractivity contribution in [1.29, 1.82) is 0 Å². The minimum atomic E-state index is -0.467.